The quantitative estimate of drug-likeness (QED) is 0.305. The number of halogens is 1. The summed E-state index contributed by atoms with van der Waals surface area (Å²) in [6.07, 6.45) is 6.58. The molecule has 1 saturated carbocycles. The highest BCUT2D eigenvalue weighted by Gasteiger charge is 2.59. The Morgan fingerprint density at radius 1 is 1.12 bits per heavy atom. The highest BCUT2D eigenvalue weighted by atomic mass is 127. The lowest BCUT2D eigenvalue weighted by atomic mass is 9.85. The molecule has 4 rings (SSSR count). The third-order valence-corrected chi connectivity index (χ3v) is 6.03. The lowest BCUT2D eigenvalue weighted by Crippen LogP contribution is -2.28. The maximum atomic E-state index is 12.6. The Morgan fingerprint density at radius 3 is 2.32 bits per heavy atom. The number of methoxy groups -OCH3 is 2. The number of carbonyl (C=O) groups excluding carboxylic acids is 2. The van der Waals surface area contributed by atoms with Gasteiger partial charge >= 0.3 is 0 Å². The van der Waals surface area contributed by atoms with Gasteiger partial charge in [0.05, 0.1) is 35.8 Å². The SMILES string of the molecule is COc1cc(/C=N\N2C(=O)[C@H]3[C@H](C2=O)[C@H]2C=C[C@H]3C2)cc(I)c1OC. The van der Waals surface area contributed by atoms with Crippen molar-refractivity contribution in [2.45, 2.75) is 6.42 Å². The number of ether oxygens (including phenoxy) is 2. The van der Waals surface area contributed by atoms with Crippen molar-refractivity contribution in [2.75, 3.05) is 14.2 Å². The molecule has 2 fully saturated rings. The third-order valence-electron chi connectivity index (χ3n) is 5.23. The Morgan fingerprint density at radius 2 is 1.76 bits per heavy atom. The summed E-state index contributed by atoms with van der Waals surface area (Å²) in [5.41, 5.74) is 0.737. The number of nitrogens with zero attached hydrogens (tertiary/aromatic N) is 2. The summed E-state index contributed by atoms with van der Waals surface area (Å²) < 4.78 is 11.5. The first-order chi connectivity index (χ1) is 12.0. The van der Waals surface area contributed by atoms with Gasteiger partial charge in [-0.3, -0.25) is 9.59 Å². The van der Waals surface area contributed by atoms with Crippen LogP contribution in [0.3, 0.4) is 0 Å². The first-order valence-corrected chi connectivity index (χ1v) is 9.14. The van der Waals surface area contributed by atoms with Gasteiger partial charge in [0.2, 0.25) is 0 Å². The zero-order chi connectivity index (χ0) is 17.7. The second-order valence-corrected chi connectivity index (χ2v) is 7.63. The zero-order valence-electron chi connectivity index (χ0n) is 13.8. The molecule has 1 saturated heterocycles. The van der Waals surface area contributed by atoms with E-state index in [1.54, 1.807) is 20.3 Å². The van der Waals surface area contributed by atoms with Gasteiger partial charge in [0.25, 0.3) is 11.8 Å². The molecule has 2 aliphatic carbocycles. The standard InChI is InChI=1S/C18H17IN2O4/c1-24-13-6-9(5-12(19)16(13)25-2)8-20-21-17(22)14-10-3-4-11(7-10)15(14)18(21)23/h3-6,8,10-11,14-15H,7H2,1-2H3/b20-8-/t10-,11-,14+,15+/m0/s1. The van der Waals surface area contributed by atoms with Gasteiger partial charge in [0.1, 0.15) is 0 Å². The number of benzene rings is 1. The molecule has 2 bridgehead atoms. The normalized spacial score (nSPS) is 29.8. The minimum Gasteiger partial charge on any atom is -0.493 e. The second-order valence-electron chi connectivity index (χ2n) is 6.47. The number of hydrogen-bond donors (Lipinski definition) is 0. The summed E-state index contributed by atoms with van der Waals surface area (Å²) in [5, 5.41) is 5.24. The first kappa shape index (κ1) is 16.6. The van der Waals surface area contributed by atoms with E-state index >= 15 is 0 Å². The Labute approximate surface area is 159 Å². The third kappa shape index (κ3) is 2.47. The molecule has 0 radical (unpaired) electrons. The van der Waals surface area contributed by atoms with E-state index in [1.807, 2.05) is 6.07 Å². The Kier molecular flexibility index (Phi) is 4.05. The van der Waals surface area contributed by atoms with Gasteiger partial charge in [-0.15, -0.1) is 0 Å². The fourth-order valence-corrected chi connectivity index (χ4v) is 4.98. The van der Waals surface area contributed by atoms with Crippen molar-refractivity contribution in [2.24, 2.45) is 28.8 Å². The second kappa shape index (κ2) is 6.12. The molecule has 1 heterocycles. The maximum Gasteiger partial charge on any atom is 0.254 e. The van der Waals surface area contributed by atoms with Crippen molar-refractivity contribution in [1.29, 1.82) is 0 Å². The Balaban J connectivity index is 1.60. The first-order valence-electron chi connectivity index (χ1n) is 8.06. The van der Waals surface area contributed by atoms with Crippen LogP contribution in [0.25, 0.3) is 0 Å². The minimum atomic E-state index is -0.231. The van der Waals surface area contributed by atoms with Crippen LogP contribution in [-0.2, 0) is 9.59 Å². The van der Waals surface area contributed by atoms with E-state index in [4.69, 9.17) is 9.47 Å². The molecule has 3 aliphatic rings. The topological polar surface area (TPSA) is 68.2 Å². The molecule has 25 heavy (non-hydrogen) atoms. The number of allylic oxidation sites excluding steroid dienone is 2. The number of fused-ring (bicyclic) bond motifs is 5. The lowest BCUT2D eigenvalue weighted by Gasteiger charge is -2.13. The average Bonchev–Trinajstić information content (AvgIpc) is 3.27. The van der Waals surface area contributed by atoms with Crippen LogP contribution in [0.1, 0.15) is 12.0 Å². The monoisotopic (exact) mass is 452 g/mol. The van der Waals surface area contributed by atoms with E-state index in [9.17, 15) is 9.59 Å². The number of rotatable bonds is 4. The van der Waals surface area contributed by atoms with Gasteiger partial charge < -0.3 is 9.47 Å². The average molecular weight is 452 g/mol. The lowest BCUT2D eigenvalue weighted by molar-refractivity contribution is -0.140. The molecule has 4 atom stereocenters. The van der Waals surface area contributed by atoms with Crippen LogP contribution >= 0.6 is 22.6 Å². The summed E-state index contributed by atoms with van der Waals surface area (Å²) in [5.74, 6) is 0.772. The van der Waals surface area contributed by atoms with Gasteiger partial charge in [-0.05, 0) is 58.5 Å². The predicted molar refractivity (Wildman–Crippen MR) is 99.4 cm³/mol. The molecule has 1 aromatic carbocycles. The summed E-state index contributed by atoms with van der Waals surface area (Å²) in [7, 11) is 3.14. The van der Waals surface area contributed by atoms with Crippen LogP contribution in [-0.4, -0.2) is 37.3 Å². The number of carbonyl (C=O) groups is 2. The van der Waals surface area contributed by atoms with E-state index in [2.05, 4.69) is 39.8 Å². The highest BCUT2D eigenvalue weighted by molar-refractivity contribution is 14.1. The largest absolute Gasteiger partial charge is 0.493 e. The van der Waals surface area contributed by atoms with Gasteiger partial charge in [-0.25, -0.2) is 0 Å². The van der Waals surface area contributed by atoms with E-state index in [-0.39, 0.29) is 35.5 Å². The van der Waals surface area contributed by atoms with Gasteiger partial charge in [-0.1, -0.05) is 12.2 Å². The molecule has 6 nitrogen and oxygen atoms in total. The van der Waals surface area contributed by atoms with Crippen molar-refractivity contribution in [3.8, 4) is 11.5 Å². The van der Waals surface area contributed by atoms with E-state index < -0.39 is 0 Å². The molecule has 1 aliphatic heterocycles. The van der Waals surface area contributed by atoms with Gasteiger partial charge in [0.15, 0.2) is 11.5 Å². The van der Waals surface area contributed by atoms with Crippen LogP contribution in [0, 0.1) is 27.2 Å². The fraction of sp³-hybridized carbons (Fsp3) is 0.389. The smallest absolute Gasteiger partial charge is 0.254 e. The van der Waals surface area contributed by atoms with Crippen molar-refractivity contribution in [1.82, 2.24) is 5.01 Å². The number of hydrogen-bond acceptors (Lipinski definition) is 5. The number of imide groups is 1. The summed E-state index contributed by atoms with van der Waals surface area (Å²) in [6, 6.07) is 3.63. The molecule has 0 aromatic heterocycles. The van der Waals surface area contributed by atoms with E-state index in [1.165, 1.54) is 6.21 Å². The highest BCUT2D eigenvalue weighted by Crippen LogP contribution is 2.52. The van der Waals surface area contributed by atoms with Crippen LogP contribution in [0.15, 0.2) is 29.4 Å². The fourth-order valence-electron chi connectivity index (χ4n) is 4.14. The maximum absolute atomic E-state index is 12.6. The molecule has 1 aromatic rings. The summed E-state index contributed by atoms with van der Waals surface area (Å²) >= 11 is 2.14. The van der Waals surface area contributed by atoms with Crippen molar-refractivity contribution < 1.29 is 19.1 Å². The number of amides is 2. The van der Waals surface area contributed by atoms with Gasteiger partial charge in [0, 0.05) is 0 Å². The summed E-state index contributed by atoms with van der Waals surface area (Å²) in [4.78, 5) is 25.2. The van der Waals surface area contributed by atoms with Crippen LogP contribution in [0.2, 0.25) is 0 Å². The van der Waals surface area contributed by atoms with Gasteiger partial charge in [-0.2, -0.15) is 10.1 Å². The zero-order valence-corrected chi connectivity index (χ0v) is 16.0. The van der Waals surface area contributed by atoms with Crippen molar-refractivity contribution >= 4 is 40.6 Å². The minimum absolute atomic E-state index is 0.182. The molecular formula is C18H17IN2O4. The molecular weight excluding hydrogens is 435 g/mol. The number of hydrazone groups is 1. The van der Waals surface area contributed by atoms with Crippen LogP contribution in [0.4, 0.5) is 0 Å². The molecule has 0 N–H and O–H groups in total. The summed E-state index contributed by atoms with van der Waals surface area (Å²) in [6.45, 7) is 0. The van der Waals surface area contributed by atoms with E-state index in [0.29, 0.717) is 11.5 Å². The van der Waals surface area contributed by atoms with Crippen LogP contribution in [0.5, 0.6) is 11.5 Å². The van der Waals surface area contributed by atoms with Crippen molar-refractivity contribution in [3.63, 3.8) is 0 Å². The van der Waals surface area contributed by atoms with Crippen molar-refractivity contribution in [3.05, 3.63) is 33.4 Å². The molecule has 7 heteroatoms. The Hall–Kier alpha value is -1.90. The van der Waals surface area contributed by atoms with E-state index in [0.717, 1.165) is 20.6 Å². The Bertz CT molecular complexity index is 790. The van der Waals surface area contributed by atoms with Crippen LogP contribution < -0.4 is 9.47 Å². The molecule has 2 amide bonds. The molecule has 0 spiro atoms. The predicted octanol–water partition coefficient (Wildman–Crippen LogP) is 2.45. The molecule has 130 valence electrons. The molecule has 0 unspecified atom stereocenters.